The van der Waals surface area contributed by atoms with Crippen LogP contribution in [0.2, 0.25) is 0 Å². The monoisotopic (exact) mass is 355 g/mol. The molecule has 1 aromatic carbocycles. The minimum Gasteiger partial charge on any atom is -0.487 e. The number of hydrogen-bond acceptors (Lipinski definition) is 6. The first kappa shape index (κ1) is 16.6. The molecule has 0 aliphatic carbocycles. The SMILES string of the molecule is O=C(Nc1cccnc1)c1sc([N+](=O)[O-])cc1OCc1ccccc1. The molecule has 2 heterocycles. The molecule has 7 nitrogen and oxygen atoms in total. The number of anilines is 1. The van der Waals surface area contributed by atoms with E-state index in [9.17, 15) is 14.9 Å². The second kappa shape index (κ2) is 7.54. The molecule has 0 aliphatic heterocycles. The highest BCUT2D eigenvalue weighted by atomic mass is 32.1. The van der Waals surface area contributed by atoms with Crippen LogP contribution in [0.4, 0.5) is 10.7 Å². The molecule has 0 bridgehead atoms. The fourth-order valence-electron chi connectivity index (χ4n) is 2.08. The number of amides is 1. The Hall–Kier alpha value is -3.26. The third-order valence-corrected chi connectivity index (χ3v) is 4.29. The summed E-state index contributed by atoms with van der Waals surface area (Å²) in [6.07, 6.45) is 3.07. The fraction of sp³-hybridized carbons (Fsp3) is 0.0588. The molecular formula is C17H13N3O4S. The van der Waals surface area contributed by atoms with E-state index in [0.29, 0.717) is 5.69 Å². The van der Waals surface area contributed by atoms with Crippen molar-refractivity contribution in [1.82, 2.24) is 4.98 Å². The molecule has 25 heavy (non-hydrogen) atoms. The number of hydrogen-bond donors (Lipinski definition) is 1. The fourth-order valence-corrected chi connectivity index (χ4v) is 2.89. The van der Waals surface area contributed by atoms with Crippen molar-refractivity contribution in [3.05, 3.63) is 81.5 Å². The Morgan fingerprint density at radius 2 is 2.04 bits per heavy atom. The zero-order chi connectivity index (χ0) is 17.6. The van der Waals surface area contributed by atoms with Crippen molar-refractivity contribution >= 4 is 27.9 Å². The van der Waals surface area contributed by atoms with Gasteiger partial charge in [-0.25, -0.2) is 0 Å². The summed E-state index contributed by atoms with van der Waals surface area (Å²) in [7, 11) is 0. The topological polar surface area (TPSA) is 94.4 Å². The van der Waals surface area contributed by atoms with E-state index < -0.39 is 10.8 Å². The molecule has 3 aromatic rings. The van der Waals surface area contributed by atoms with Crippen LogP contribution in [0.25, 0.3) is 0 Å². The third kappa shape index (κ3) is 4.18. The number of nitro groups is 1. The zero-order valence-electron chi connectivity index (χ0n) is 12.9. The molecule has 0 saturated carbocycles. The summed E-state index contributed by atoms with van der Waals surface area (Å²) in [5.74, 6) is -0.295. The van der Waals surface area contributed by atoms with E-state index in [4.69, 9.17) is 4.74 Å². The van der Waals surface area contributed by atoms with Crippen LogP contribution < -0.4 is 10.1 Å². The van der Waals surface area contributed by atoms with Gasteiger partial charge in [-0.1, -0.05) is 41.7 Å². The quantitative estimate of drug-likeness (QED) is 0.535. The summed E-state index contributed by atoms with van der Waals surface area (Å²) in [4.78, 5) is 27.0. The van der Waals surface area contributed by atoms with Crippen molar-refractivity contribution in [2.45, 2.75) is 6.61 Å². The van der Waals surface area contributed by atoms with Gasteiger partial charge >= 0.3 is 5.00 Å². The predicted molar refractivity (Wildman–Crippen MR) is 93.9 cm³/mol. The molecule has 0 unspecified atom stereocenters. The number of nitrogens with one attached hydrogen (secondary N) is 1. The van der Waals surface area contributed by atoms with Crippen molar-refractivity contribution < 1.29 is 14.5 Å². The lowest BCUT2D eigenvalue weighted by atomic mass is 10.2. The molecular weight excluding hydrogens is 342 g/mol. The second-order valence-electron chi connectivity index (χ2n) is 5.01. The van der Waals surface area contributed by atoms with E-state index >= 15 is 0 Å². The minimum atomic E-state index is -0.541. The Morgan fingerprint density at radius 3 is 2.72 bits per heavy atom. The van der Waals surface area contributed by atoms with Crippen LogP contribution in [0.1, 0.15) is 15.2 Å². The first-order valence-electron chi connectivity index (χ1n) is 7.30. The van der Waals surface area contributed by atoms with Gasteiger partial charge in [0, 0.05) is 6.20 Å². The van der Waals surface area contributed by atoms with Gasteiger partial charge in [-0.2, -0.15) is 0 Å². The van der Waals surface area contributed by atoms with Crippen LogP contribution in [0.3, 0.4) is 0 Å². The lowest BCUT2D eigenvalue weighted by Crippen LogP contribution is -2.11. The number of rotatable bonds is 6. The highest BCUT2D eigenvalue weighted by Gasteiger charge is 2.23. The smallest absolute Gasteiger partial charge is 0.328 e. The van der Waals surface area contributed by atoms with Crippen LogP contribution in [-0.2, 0) is 6.61 Å². The molecule has 3 rings (SSSR count). The van der Waals surface area contributed by atoms with Gasteiger partial charge in [-0.3, -0.25) is 19.9 Å². The van der Waals surface area contributed by atoms with Crippen molar-refractivity contribution in [3.63, 3.8) is 0 Å². The highest BCUT2D eigenvalue weighted by molar-refractivity contribution is 7.17. The van der Waals surface area contributed by atoms with Gasteiger partial charge in [0.25, 0.3) is 5.91 Å². The van der Waals surface area contributed by atoms with Crippen molar-refractivity contribution in [3.8, 4) is 5.75 Å². The standard InChI is InChI=1S/C17H13N3O4S/c21-17(19-13-7-4-8-18-10-13)16-14(9-15(25-16)20(22)23)24-11-12-5-2-1-3-6-12/h1-10H,11H2,(H,19,21). The summed E-state index contributed by atoms with van der Waals surface area (Å²) in [6, 6.07) is 14.0. The van der Waals surface area contributed by atoms with Gasteiger partial charge in [-0.15, -0.1) is 0 Å². The molecule has 1 amide bonds. The summed E-state index contributed by atoms with van der Waals surface area (Å²) >= 11 is 0.774. The van der Waals surface area contributed by atoms with Crippen molar-refractivity contribution in [2.75, 3.05) is 5.32 Å². The largest absolute Gasteiger partial charge is 0.487 e. The molecule has 126 valence electrons. The number of aromatic nitrogens is 1. The Balaban J connectivity index is 1.81. The van der Waals surface area contributed by atoms with E-state index in [1.807, 2.05) is 30.3 Å². The van der Waals surface area contributed by atoms with E-state index in [2.05, 4.69) is 10.3 Å². The van der Waals surface area contributed by atoms with E-state index in [1.54, 1.807) is 18.3 Å². The minimum absolute atomic E-state index is 0.145. The average Bonchev–Trinajstić information content (AvgIpc) is 3.06. The first-order chi connectivity index (χ1) is 12.1. The Kier molecular flexibility index (Phi) is 5.00. The van der Waals surface area contributed by atoms with Gasteiger partial charge in [-0.05, 0) is 17.7 Å². The Labute approximate surface area is 147 Å². The maximum Gasteiger partial charge on any atom is 0.328 e. The summed E-state index contributed by atoms with van der Waals surface area (Å²) in [6.45, 7) is 0.210. The molecule has 2 aromatic heterocycles. The van der Waals surface area contributed by atoms with Crippen molar-refractivity contribution in [2.24, 2.45) is 0 Å². The number of thiophene rings is 1. The molecule has 0 fully saturated rings. The lowest BCUT2D eigenvalue weighted by Gasteiger charge is -2.07. The third-order valence-electron chi connectivity index (χ3n) is 3.23. The van der Waals surface area contributed by atoms with Crippen LogP contribution >= 0.6 is 11.3 Å². The van der Waals surface area contributed by atoms with Crippen LogP contribution in [0.5, 0.6) is 5.75 Å². The number of carbonyl (C=O) groups excluding carboxylic acids is 1. The molecule has 0 spiro atoms. The number of carbonyl (C=O) groups is 1. The average molecular weight is 355 g/mol. The lowest BCUT2D eigenvalue weighted by molar-refractivity contribution is -0.380. The van der Waals surface area contributed by atoms with E-state index in [0.717, 1.165) is 16.9 Å². The van der Waals surface area contributed by atoms with Gasteiger partial charge < -0.3 is 10.1 Å². The molecule has 0 radical (unpaired) electrons. The second-order valence-corrected chi connectivity index (χ2v) is 6.04. The molecule has 1 N–H and O–H groups in total. The summed E-state index contributed by atoms with van der Waals surface area (Å²) < 4.78 is 5.64. The maximum absolute atomic E-state index is 12.5. The first-order valence-corrected chi connectivity index (χ1v) is 8.11. The van der Waals surface area contributed by atoms with Gasteiger partial charge in [0.05, 0.1) is 22.9 Å². The Bertz CT molecular complexity index is 881. The number of pyridine rings is 1. The number of nitrogens with zero attached hydrogens (tertiary/aromatic N) is 2. The van der Waals surface area contributed by atoms with Crippen LogP contribution in [0, 0.1) is 10.1 Å². The summed E-state index contributed by atoms with van der Waals surface area (Å²) in [5.41, 5.74) is 1.40. The van der Waals surface area contributed by atoms with Crippen LogP contribution in [0.15, 0.2) is 60.9 Å². The summed E-state index contributed by atoms with van der Waals surface area (Å²) in [5, 5.41) is 13.5. The normalized spacial score (nSPS) is 10.2. The van der Waals surface area contributed by atoms with E-state index in [-0.39, 0.29) is 22.2 Å². The van der Waals surface area contributed by atoms with Gasteiger partial charge in [0.2, 0.25) is 0 Å². The zero-order valence-corrected chi connectivity index (χ0v) is 13.7. The predicted octanol–water partition coefficient (Wildman–Crippen LogP) is 3.88. The Morgan fingerprint density at radius 1 is 1.24 bits per heavy atom. The molecule has 0 atom stereocenters. The van der Waals surface area contributed by atoms with Crippen LogP contribution in [-0.4, -0.2) is 15.8 Å². The highest BCUT2D eigenvalue weighted by Crippen LogP contribution is 2.35. The van der Waals surface area contributed by atoms with Gasteiger partial charge in [0.1, 0.15) is 11.5 Å². The van der Waals surface area contributed by atoms with Gasteiger partial charge in [0.15, 0.2) is 5.75 Å². The molecule has 0 saturated heterocycles. The molecule has 8 heteroatoms. The van der Waals surface area contributed by atoms with Crippen molar-refractivity contribution in [1.29, 1.82) is 0 Å². The molecule has 0 aliphatic rings. The van der Waals surface area contributed by atoms with E-state index in [1.165, 1.54) is 12.3 Å². The maximum atomic E-state index is 12.5. The number of benzene rings is 1. The number of ether oxygens (including phenoxy) is 1.